The number of Topliss-reactive ketones (excluding diaryl/α,β-unsaturated/α-hetero) is 1. The number of amides is 1. The van der Waals surface area contributed by atoms with Gasteiger partial charge in [0.2, 0.25) is 0 Å². The second-order valence-corrected chi connectivity index (χ2v) is 9.38. The fourth-order valence-corrected chi connectivity index (χ4v) is 5.40. The minimum absolute atomic E-state index is 0.00662. The first-order chi connectivity index (χ1) is 17.4. The van der Waals surface area contributed by atoms with Gasteiger partial charge in [0.15, 0.2) is 5.13 Å². The maximum atomic E-state index is 13.4. The lowest BCUT2D eigenvalue weighted by molar-refractivity contribution is -0.132. The molecule has 5 rings (SSSR count). The summed E-state index contributed by atoms with van der Waals surface area (Å²) in [6, 6.07) is 18.8. The standard InChI is InChI=1S/C28H24N2O5S/c1-4-35-19-11-9-17(10-12-19)25(31)23-24(18-6-5-7-20(15-18)34-3)30(27(33)26(23)32)28-29-21-13-8-16(2)14-22(21)36-28/h5-15,24,31H,4H2,1-3H3. The minimum Gasteiger partial charge on any atom is -0.507 e. The largest absolute Gasteiger partial charge is 0.507 e. The molecule has 2 heterocycles. The Morgan fingerprint density at radius 3 is 2.56 bits per heavy atom. The fourth-order valence-electron chi connectivity index (χ4n) is 4.31. The summed E-state index contributed by atoms with van der Waals surface area (Å²) in [6.07, 6.45) is 0. The Morgan fingerprint density at radius 1 is 1.06 bits per heavy atom. The summed E-state index contributed by atoms with van der Waals surface area (Å²) in [6.45, 7) is 4.37. The molecule has 0 bridgehead atoms. The van der Waals surface area contributed by atoms with E-state index in [9.17, 15) is 14.7 Å². The molecule has 0 saturated carbocycles. The van der Waals surface area contributed by atoms with Crippen molar-refractivity contribution in [3.05, 3.63) is 89.0 Å². The van der Waals surface area contributed by atoms with E-state index >= 15 is 0 Å². The van der Waals surface area contributed by atoms with Crippen LogP contribution in [0.2, 0.25) is 0 Å². The number of anilines is 1. The van der Waals surface area contributed by atoms with Gasteiger partial charge in [-0.1, -0.05) is 29.5 Å². The average Bonchev–Trinajstić information content (AvgIpc) is 3.42. The molecule has 1 amide bonds. The number of ketones is 1. The van der Waals surface area contributed by atoms with E-state index in [0.29, 0.717) is 34.4 Å². The minimum atomic E-state index is -0.881. The van der Waals surface area contributed by atoms with Crippen LogP contribution >= 0.6 is 11.3 Å². The number of rotatable bonds is 6. The number of methoxy groups -OCH3 is 1. The van der Waals surface area contributed by atoms with Crippen LogP contribution in [0.4, 0.5) is 5.13 Å². The SMILES string of the molecule is CCOc1ccc(C(O)=C2C(=O)C(=O)N(c3nc4ccc(C)cc4s3)C2c2cccc(OC)c2)cc1. The van der Waals surface area contributed by atoms with Gasteiger partial charge in [-0.2, -0.15) is 0 Å². The number of aliphatic hydroxyl groups is 1. The fraction of sp³-hybridized carbons (Fsp3) is 0.179. The van der Waals surface area contributed by atoms with Crippen LogP contribution in [0.3, 0.4) is 0 Å². The van der Waals surface area contributed by atoms with Crippen LogP contribution in [-0.4, -0.2) is 35.5 Å². The lowest BCUT2D eigenvalue weighted by Crippen LogP contribution is -2.29. The summed E-state index contributed by atoms with van der Waals surface area (Å²) < 4.78 is 11.8. The molecular weight excluding hydrogens is 476 g/mol. The zero-order valence-corrected chi connectivity index (χ0v) is 20.8. The molecule has 0 radical (unpaired) electrons. The highest BCUT2D eigenvalue weighted by atomic mass is 32.1. The first kappa shape index (κ1) is 23.6. The number of thiazole rings is 1. The average molecular weight is 501 g/mol. The Bertz CT molecular complexity index is 1510. The molecule has 7 nitrogen and oxygen atoms in total. The van der Waals surface area contributed by atoms with Crippen LogP contribution in [0, 0.1) is 6.92 Å². The van der Waals surface area contributed by atoms with Crippen molar-refractivity contribution in [1.29, 1.82) is 0 Å². The van der Waals surface area contributed by atoms with Gasteiger partial charge in [-0.15, -0.1) is 0 Å². The van der Waals surface area contributed by atoms with Crippen molar-refractivity contribution in [3.63, 3.8) is 0 Å². The Kier molecular flexibility index (Phi) is 6.20. The molecule has 1 N–H and O–H groups in total. The lowest BCUT2D eigenvalue weighted by atomic mass is 9.95. The van der Waals surface area contributed by atoms with Gasteiger partial charge < -0.3 is 14.6 Å². The molecule has 1 atom stereocenters. The summed E-state index contributed by atoms with van der Waals surface area (Å²) in [7, 11) is 1.55. The second-order valence-electron chi connectivity index (χ2n) is 8.37. The number of aromatic nitrogens is 1. The van der Waals surface area contributed by atoms with Gasteiger partial charge in [0, 0.05) is 5.56 Å². The van der Waals surface area contributed by atoms with Crippen LogP contribution in [0.15, 0.2) is 72.3 Å². The molecule has 0 spiro atoms. The van der Waals surface area contributed by atoms with Gasteiger partial charge in [0.05, 0.1) is 35.5 Å². The molecule has 8 heteroatoms. The molecule has 1 aromatic heterocycles. The van der Waals surface area contributed by atoms with Crippen molar-refractivity contribution in [2.24, 2.45) is 0 Å². The van der Waals surface area contributed by atoms with Gasteiger partial charge in [0.1, 0.15) is 17.3 Å². The third-order valence-electron chi connectivity index (χ3n) is 6.03. The number of fused-ring (bicyclic) bond motifs is 1. The van der Waals surface area contributed by atoms with Gasteiger partial charge in [-0.05, 0) is 73.5 Å². The summed E-state index contributed by atoms with van der Waals surface area (Å²) in [4.78, 5) is 32.8. The zero-order valence-electron chi connectivity index (χ0n) is 20.0. The summed E-state index contributed by atoms with van der Waals surface area (Å²) in [5.41, 5.74) is 2.83. The Balaban J connectivity index is 1.69. The maximum Gasteiger partial charge on any atom is 0.301 e. The number of carbonyl (C=O) groups is 2. The molecule has 1 fully saturated rings. The number of aliphatic hydroxyl groups excluding tert-OH is 1. The Labute approximate surface area is 212 Å². The van der Waals surface area contributed by atoms with Crippen LogP contribution < -0.4 is 14.4 Å². The van der Waals surface area contributed by atoms with E-state index in [0.717, 1.165) is 15.8 Å². The first-order valence-electron chi connectivity index (χ1n) is 11.5. The first-order valence-corrected chi connectivity index (χ1v) is 12.3. The number of nitrogens with zero attached hydrogens (tertiary/aromatic N) is 2. The van der Waals surface area contributed by atoms with Gasteiger partial charge in [-0.25, -0.2) is 4.98 Å². The number of hydrogen-bond donors (Lipinski definition) is 1. The number of ether oxygens (including phenoxy) is 2. The number of hydrogen-bond acceptors (Lipinski definition) is 7. The quantitative estimate of drug-likeness (QED) is 0.209. The van der Waals surface area contributed by atoms with E-state index in [1.807, 2.05) is 32.0 Å². The lowest BCUT2D eigenvalue weighted by Gasteiger charge is -2.23. The van der Waals surface area contributed by atoms with E-state index in [-0.39, 0.29) is 11.3 Å². The van der Waals surface area contributed by atoms with Crippen molar-refractivity contribution >= 4 is 44.1 Å². The summed E-state index contributed by atoms with van der Waals surface area (Å²) in [5, 5.41) is 11.7. The summed E-state index contributed by atoms with van der Waals surface area (Å²) >= 11 is 1.33. The second kappa shape index (κ2) is 9.47. The normalized spacial score (nSPS) is 17.1. The smallest absolute Gasteiger partial charge is 0.301 e. The molecule has 1 aliphatic heterocycles. The molecule has 4 aromatic rings. The molecule has 36 heavy (non-hydrogen) atoms. The molecule has 1 saturated heterocycles. The molecule has 0 aliphatic carbocycles. The van der Waals surface area contributed by atoms with Crippen LogP contribution in [0.25, 0.3) is 16.0 Å². The Morgan fingerprint density at radius 2 is 1.83 bits per heavy atom. The molecule has 1 aliphatic rings. The number of benzene rings is 3. The predicted molar refractivity (Wildman–Crippen MR) is 140 cm³/mol. The highest BCUT2D eigenvalue weighted by Crippen LogP contribution is 2.45. The van der Waals surface area contributed by atoms with E-state index in [2.05, 4.69) is 4.98 Å². The van der Waals surface area contributed by atoms with E-state index < -0.39 is 17.7 Å². The Hall–Kier alpha value is -4.17. The highest BCUT2D eigenvalue weighted by Gasteiger charge is 2.48. The van der Waals surface area contributed by atoms with Gasteiger partial charge in [0.25, 0.3) is 5.78 Å². The zero-order chi connectivity index (χ0) is 25.4. The maximum absolute atomic E-state index is 13.4. The van der Waals surface area contributed by atoms with E-state index in [4.69, 9.17) is 9.47 Å². The number of carbonyl (C=O) groups excluding carboxylic acids is 2. The number of aryl methyl sites for hydroxylation is 1. The van der Waals surface area contributed by atoms with Crippen molar-refractivity contribution in [1.82, 2.24) is 4.98 Å². The van der Waals surface area contributed by atoms with Crippen molar-refractivity contribution < 1.29 is 24.2 Å². The summed E-state index contributed by atoms with van der Waals surface area (Å²) in [5.74, 6) is -0.568. The van der Waals surface area contributed by atoms with E-state index in [1.165, 1.54) is 16.2 Å². The van der Waals surface area contributed by atoms with Crippen LogP contribution in [0.1, 0.15) is 29.7 Å². The monoisotopic (exact) mass is 500 g/mol. The predicted octanol–water partition coefficient (Wildman–Crippen LogP) is 5.64. The highest BCUT2D eigenvalue weighted by molar-refractivity contribution is 7.22. The van der Waals surface area contributed by atoms with Crippen LogP contribution in [-0.2, 0) is 9.59 Å². The third kappa shape index (κ3) is 4.09. The van der Waals surface area contributed by atoms with Gasteiger partial charge in [-0.3, -0.25) is 14.5 Å². The third-order valence-corrected chi connectivity index (χ3v) is 7.05. The molecule has 3 aromatic carbocycles. The van der Waals surface area contributed by atoms with Crippen LogP contribution in [0.5, 0.6) is 11.5 Å². The topological polar surface area (TPSA) is 89.0 Å². The molecule has 182 valence electrons. The van der Waals surface area contributed by atoms with Gasteiger partial charge >= 0.3 is 5.91 Å². The van der Waals surface area contributed by atoms with E-state index in [1.54, 1.807) is 55.6 Å². The molecule has 1 unspecified atom stereocenters. The van der Waals surface area contributed by atoms with Crippen molar-refractivity contribution in [2.75, 3.05) is 18.6 Å². The molecular formula is C28H24N2O5S. The van der Waals surface area contributed by atoms with Crippen molar-refractivity contribution in [3.8, 4) is 11.5 Å². The van der Waals surface area contributed by atoms with Crippen molar-refractivity contribution in [2.45, 2.75) is 19.9 Å².